The van der Waals surface area contributed by atoms with Crippen LogP contribution in [0.4, 0.5) is 45.1 Å². The Morgan fingerprint density at radius 2 is 1.61 bits per heavy atom. The highest BCUT2D eigenvalue weighted by Crippen LogP contribution is 2.36. The first-order valence-corrected chi connectivity index (χ1v) is 17.1. The Hall–Kier alpha value is -4.92. The van der Waals surface area contributed by atoms with Gasteiger partial charge in [0.1, 0.15) is 17.4 Å². The van der Waals surface area contributed by atoms with Crippen LogP contribution < -0.4 is 10.2 Å². The van der Waals surface area contributed by atoms with Crippen LogP contribution in [0.3, 0.4) is 0 Å². The fourth-order valence-electron chi connectivity index (χ4n) is 5.29. The molecule has 15 heteroatoms. The van der Waals surface area contributed by atoms with E-state index in [1.165, 1.54) is 6.26 Å². The van der Waals surface area contributed by atoms with Gasteiger partial charge in [0.2, 0.25) is 5.95 Å². The average Bonchev–Trinajstić information content (AvgIpc) is 3.33. The second-order valence-corrected chi connectivity index (χ2v) is 14.1. The summed E-state index contributed by atoms with van der Waals surface area (Å²) in [5.41, 5.74) is 1.39. The molecule has 0 radical (unpaired) electrons. The van der Waals surface area contributed by atoms with E-state index in [9.17, 15) is 35.2 Å². The maximum atomic E-state index is 13.9. The number of Topliss-reactive ketones (excluding diaryl/α,β-unsaturated/α-hetero) is 1. The molecule has 0 saturated heterocycles. The van der Waals surface area contributed by atoms with E-state index in [0.29, 0.717) is 47.3 Å². The standard InChI is InChI=1S/C34H33F5N6O3S/c1-33(35,36)23-15-22(16-24(18-23)34(37,38)39)17-27(46)10-12-30-42-28-19-26(9-11-29(28)45(30)3)44(2)31-13-14-40-32(43-31)41-25-7-5-21(6-8-25)20-49(4,47)48/h5-9,11,13-16,18-19H,10,12,17,20H2,1-4H3,(H,40,41,43). The predicted octanol–water partition coefficient (Wildman–Crippen LogP) is 7.29. The Morgan fingerprint density at radius 3 is 2.27 bits per heavy atom. The fourth-order valence-corrected chi connectivity index (χ4v) is 6.09. The van der Waals surface area contributed by atoms with Crippen molar-refractivity contribution in [2.45, 2.75) is 44.0 Å². The van der Waals surface area contributed by atoms with Gasteiger partial charge in [-0.05, 0) is 65.7 Å². The van der Waals surface area contributed by atoms with Crippen LogP contribution in [0.2, 0.25) is 0 Å². The third-order valence-corrected chi connectivity index (χ3v) is 8.68. The van der Waals surface area contributed by atoms with Crippen molar-refractivity contribution in [2.24, 2.45) is 7.05 Å². The van der Waals surface area contributed by atoms with Gasteiger partial charge in [-0.15, -0.1) is 0 Å². The van der Waals surface area contributed by atoms with Gasteiger partial charge in [0.15, 0.2) is 9.84 Å². The Bertz CT molecular complexity index is 2080. The number of benzene rings is 3. The first-order chi connectivity index (χ1) is 22.9. The number of alkyl halides is 5. The molecule has 0 amide bonds. The molecular formula is C34H33F5N6O3S. The molecule has 0 aliphatic carbocycles. The highest BCUT2D eigenvalue weighted by molar-refractivity contribution is 7.89. The predicted molar refractivity (Wildman–Crippen MR) is 177 cm³/mol. The van der Waals surface area contributed by atoms with E-state index in [2.05, 4.69) is 20.3 Å². The molecule has 2 heterocycles. The van der Waals surface area contributed by atoms with Crippen LogP contribution >= 0.6 is 0 Å². The summed E-state index contributed by atoms with van der Waals surface area (Å²) in [6, 6.07) is 16.3. The monoisotopic (exact) mass is 700 g/mol. The molecule has 258 valence electrons. The molecule has 0 atom stereocenters. The summed E-state index contributed by atoms with van der Waals surface area (Å²) in [7, 11) is 0.460. The Labute approximate surface area is 279 Å². The van der Waals surface area contributed by atoms with Gasteiger partial charge in [-0.25, -0.2) is 27.2 Å². The smallest absolute Gasteiger partial charge is 0.331 e. The summed E-state index contributed by atoms with van der Waals surface area (Å²) >= 11 is 0. The number of anilines is 4. The largest absolute Gasteiger partial charge is 0.416 e. The lowest BCUT2D eigenvalue weighted by atomic mass is 9.97. The Kier molecular flexibility index (Phi) is 9.77. The summed E-state index contributed by atoms with van der Waals surface area (Å²) in [5.74, 6) is -2.48. The quantitative estimate of drug-likeness (QED) is 0.135. The van der Waals surface area contributed by atoms with E-state index >= 15 is 0 Å². The number of hydrogen-bond donors (Lipinski definition) is 1. The second-order valence-electron chi connectivity index (χ2n) is 12.0. The third kappa shape index (κ3) is 8.96. The number of aryl methyl sites for hydroxylation is 2. The maximum absolute atomic E-state index is 13.9. The zero-order valence-electron chi connectivity index (χ0n) is 27.0. The SMILES string of the molecule is CN(c1ccc2c(c1)nc(CCC(=O)Cc1cc(C(C)(F)F)cc(C(F)(F)F)c1)n2C)c1ccnc(Nc2ccc(CS(C)(=O)=O)cc2)n1. The van der Waals surface area contributed by atoms with E-state index in [1.54, 1.807) is 43.6 Å². The van der Waals surface area contributed by atoms with Gasteiger partial charge >= 0.3 is 6.18 Å². The second kappa shape index (κ2) is 13.5. The number of fused-ring (bicyclic) bond motifs is 1. The van der Waals surface area contributed by atoms with Crippen LogP contribution in [-0.2, 0) is 52.4 Å². The van der Waals surface area contributed by atoms with Crippen LogP contribution in [0.5, 0.6) is 0 Å². The molecule has 1 N–H and O–H groups in total. The number of halogens is 5. The van der Waals surface area contributed by atoms with Crippen molar-refractivity contribution in [3.63, 3.8) is 0 Å². The molecule has 0 aliphatic heterocycles. The Balaban J connectivity index is 1.27. The lowest BCUT2D eigenvalue weighted by Crippen LogP contribution is -2.14. The fraction of sp³-hybridized carbons (Fsp3) is 0.294. The summed E-state index contributed by atoms with van der Waals surface area (Å²) in [6.07, 6.45) is -2.33. The van der Waals surface area contributed by atoms with Crippen molar-refractivity contribution in [2.75, 3.05) is 23.5 Å². The van der Waals surface area contributed by atoms with Gasteiger partial charge < -0.3 is 14.8 Å². The molecule has 0 aliphatic rings. The van der Waals surface area contributed by atoms with Crippen LogP contribution in [-0.4, -0.2) is 47.0 Å². The van der Waals surface area contributed by atoms with Crippen LogP contribution in [0, 0.1) is 0 Å². The van der Waals surface area contributed by atoms with Crippen molar-refractivity contribution in [3.05, 3.63) is 101 Å². The third-order valence-electron chi connectivity index (χ3n) is 7.82. The minimum Gasteiger partial charge on any atom is -0.331 e. The van der Waals surface area contributed by atoms with E-state index in [-0.39, 0.29) is 24.2 Å². The zero-order chi connectivity index (χ0) is 35.7. The van der Waals surface area contributed by atoms with Crippen molar-refractivity contribution in [1.82, 2.24) is 19.5 Å². The number of ketones is 1. The lowest BCUT2D eigenvalue weighted by Gasteiger charge is -2.19. The van der Waals surface area contributed by atoms with Crippen LogP contribution in [0.15, 0.2) is 72.9 Å². The van der Waals surface area contributed by atoms with Crippen molar-refractivity contribution in [3.8, 4) is 0 Å². The number of carbonyl (C=O) groups is 1. The van der Waals surface area contributed by atoms with Crippen LogP contribution in [0.1, 0.15) is 41.4 Å². The number of rotatable bonds is 12. The molecule has 2 aromatic heterocycles. The van der Waals surface area contributed by atoms with Crippen LogP contribution in [0.25, 0.3) is 11.0 Å². The normalized spacial score (nSPS) is 12.3. The number of carbonyl (C=O) groups excluding carboxylic acids is 1. The van der Waals surface area contributed by atoms with E-state index < -0.39 is 45.3 Å². The van der Waals surface area contributed by atoms with Gasteiger partial charge in [0.05, 0.1) is 22.3 Å². The van der Waals surface area contributed by atoms with Gasteiger partial charge in [0.25, 0.3) is 5.92 Å². The Morgan fingerprint density at radius 1 is 0.918 bits per heavy atom. The number of imidazole rings is 1. The highest BCUT2D eigenvalue weighted by atomic mass is 32.2. The van der Waals surface area contributed by atoms with E-state index in [0.717, 1.165) is 23.3 Å². The van der Waals surface area contributed by atoms with E-state index in [4.69, 9.17) is 0 Å². The molecule has 49 heavy (non-hydrogen) atoms. The number of sulfone groups is 1. The minimum absolute atomic E-state index is 0.0465. The molecule has 5 rings (SSSR count). The number of nitrogens with zero attached hydrogens (tertiary/aromatic N) is 5. The first-order valence-electron chi connectivity index (χ1n) is 15.0. The molecule has 0 bridgehead atoms. The molecule has 0 fully saturated rings. The average molecular weight is 701 g/mol. The highest BCUT2D eigenvalue weighted by Gasteiger charge is 2.34. The summed E-state index contributed by atoms with van der Waals surface area (Å²) in [5, 5.41) is 3.11. The van der Waals surface area contributed by atoms with Gasteiger partial charge in [0, 0.05) is 69.7 Å². The van der Waals surface area contributed by atoms with Crippen molar-refractivity contribution >= 4 is 49.8 Å². The zero-order valence-corrected chi connectivity index (χ0v) is 27.8. The van der Waals surface area contributed by atoms with E-state index in [1.807, 2.05) is 34.7 Å². The van der Waals surface area contributed by atoms with Gasteiger partial charge in [-0.1, -0.05) is 12.1 Å². The summed E-state index contributed by atoms with van der Waals surface area (Å²) in [6.45, 7) is 0.513. The number of hydrogen-bond acceptors (Lipinski definition) is 8. The molecule has 3 aromatic carbocycles. The molecule has 0 saturated carbocycles. The first kappa shape index (κ1) is 35.4. The molecule has 0 unspecified atom stereocenters. The maximum Gasteiger partial charge on any atom is 0.416 e. The summed E-state index contributed by atoms with van der Waals surface area (Å²) in [4.78, 5) is 28.2. The minimum atomic E-state index is -4.83. The van der Waals surface area contributed by atoms with Gasteiger partial charge in [-0.2, -0.15) is 18.2 Å². The number of aromatic nitrogens is 4. The van der Waals surface area contributed by atoms with Gasteiger partial charge in [-0.3, -0.25) is 4.79 Å². The molecular weight excluding hydrogens is 667 g/mol. The summed E-state index contributed by atoms with van der Waals surface area (Å²) < 4.78 is 92.7. The number of nitrogens with one attached hydrogen (secondary N) is 1. The molecule has 9 nitrogen and oxygen atoms in total. The lowest BCUT2D eigenvalue weighted by molar-refractivity contribution is -0.138. The molecule has 0 spiro atoms. The topological polar surface area (TPSA) is 110 Å². The van der Waals surface area contributed by atoms with Crippen molar-refractivity contribution < 1.29 is 35.2 Å². The van der Waals surface area contributed by atoms with Crippen molar-refractivity contribution in [1.29, 1.82) is 0 Å². The molecule has 5 aromatic rings.